The maximum absolute atomic E-state index is 14.6. The average molecular weight is 684 g/mol. The van der Waals surface area contributed by atoms with Crippen LogP contribution in [0.25, 0.3) is 16.5 Å². The molecule has 0 radical (unpaired) electrons. The first-order valence-corrected chi connectivity index (χ1v) is 17.4. The Hall–Kier alpha value is -4.74. The van der Waals surface area contributed by atoms with Crippen LogP contribution in [-0.4, -0.2) is 40.7 Å². The van der Waals surface area contributed by atoms with E-state index in [2.05, 4.69) is 41.4 Å². The number of carbonyl (C=O) groups is 2. The number of aromatic nitrogens is 2. The number of unbranched alkanes of at least 4 members (excludes halogenated alkanes) is 2. The number of hydrogen-bond donors (Lipinski definition) is 1. The topological polar surface area (TPSA) is 102 Å². The number of hydrogen-bond acceptors (Lipinski definition) is 9. The number of thioether (sulfide) groups is 1. The minimum absolute atomic E-state index is 0.0764. The van der Waals surface area contributed by atoms with Crippen LogP contribution in [0, 0.1) is 12.7 Å². The van der Waals surface area contributed by atoms with Gasteiger partial charge in [0.15, 0.2) is 15.8 Å². The third kappa shape index (κ3) is 6.65. The molecule has 11 heteroatoms. The number of ether oxygens (including phenoxy) is 2. The highest BCUT2D eigenvalue weighted by Crippen LogP contribution is 2.46. The van der Waals surface area contributed by atoms with E-state index in [9.17, 15) is 19.1 Å². The molecule has 0 bridgehead atoms. The van der Waals surface area contributed by atoms with Gasteiger partial charge in [-0.1, -0.05) is 104 Å². The van der Waals surface area contributed by atoms with Crippen LogP contribution >= 0.6 is 23.1 Å². The number of nitrogens with zero attached hydrogens (tertiary/aromatic N) is 3. The highest BCUT2D eigenvalue weighted by molar-refractivity contribution is 8.00. The first-order chi connectivity index (χ1) is 23.3. The van der Waals surface area contributed by atoms with Gasteiger partial charge in [0, 0.05) is 11.3 Å². The molecule has 5 aromatic rings. The molecule has 6 rings (SSSR count). The highest BCUT2D eigenvalue weighted by Gasteiger charge is 2.48. The summed E-state index contributed by atoms with van der Waals surface area (Å²) in [7, 11) is 1.51. The van der Waals surface area contributed by atoms with E-state index in [1.807, 2.05) is 18.2 Å². The van der Waals surface area contributed by atoms with Gasteiger partial charge in [0.05, 0.1) is 25.3 Å². The molecule has 0 aliphatic carbocycles. The lowest BCUT2D eigenvalue weighted by Gasteiger charge is -2.23. The fourth-order valence-electron chi connectivity index (χ4n) is 5.66. The average Bonchev–Trinajstić information content (AvgIpc) is 3.68. The minimum Gasteiger partial charge on any atom is -0.507 e. The fourth-order valence-corrected chi connectivity index (χ4v) is 7.54. The molecule has 1 N–H and O–H groups in total. The van der Waals surface area contributed by atoms with E-state index >= 15 is 0 Å². The summed E-state index contributed by atoms with van der Waals surface area (Å²) >= 11 is 2.65. The second-order valence-electron chi connectivity index (χ2n) is 11.4. The molecule has 1 aliphatic rings. The van der Waals surface area contributed by atoms with Crippen molar-refractivity contribution in [1.29, 1.82) is 0 Å². The molecule has 0 spiro atoms. The van der Waals surface area contributed by atoms with Crippen molar-refractivity contribution in [2.75, 3.05) is 18.6 Å². The van der Waals surface area contributed by atoms with Crippen molar-refractivity contribution in [2.24, 2.45) is 0 Å². The van der Waals surface area contributed by atoms with Crippen LogP contribution in [0.15, 0.2) is 88.8 Å². The van der Waals surface area contributed by atoms with Gasteiger partial charge in [-0.2, -0.15) is 0 Å². The zero-order valence-corrected chi connectivity index (χ0v) is 28.4. The second-order valence-corrected chi connectivity index (χ2v) is 13.6. The maximum Gasteiger partial charge on any atom is 0.301 e. The van der Waals surface area contributed by atoms with Crippen molar-refractivity contribution in [2.45, 2.75) is 49.2 Å². The van der Waals surface area contributed by atoms with Crippen molar-refractivity contribution in [3.8, 4) is 11.5 Å². The van der Waals surface area contributed by atoms with Gasteiger partial charge < -0.3 is 14.6 Å². The number of fused-ring (bicyclic) bond motifs is 1. The highest BCUT2D eigenvalue weighted by atomic mass is 32.2. The van der Waals surface area contributed by atoms with E-state index in [1.54, 1.807) is 25.1 Å². The van der Waals surface area contributed by atoms with Crippen LogP contribution in [0.5, 0.6) is 11.5 Å². The summed E-state index contributed by atoms with van der Waals surface area (Å²) in [6, 6.07) is 22.5. The van der Waals surface area contributed by atoms with E-state index < -0.39 is 29.3 Å². The molecule has 0 saturated carbocycles. The van der Waals surface area contributed by atoms with Gasteiger partial charge in [0.2, 0.25) is 5.13 Å². The van der Waals surface area contributed by atoms with Crippen molar-refractivity contribution in [3.05, 3.63) is 113 Å². The molecule has 1 amide bonds. The quantitative estimate of drug-likeness (QED) is 0.0348. The normalized spacial score (nSPS) is 15.8. The van der Waals surface area contributed by atoms with Gasteiger partial charge in [-0.05, 0) is 59.0 Å². The van der Waals surface area contributed by atoms with Gasteiger partial charge >= 0.3 is 5.91 Å². The zero-order chi connectivity index (χ0) is 33.8. The number of Topliss-reactive ketones (excluding diaryl/α,β-unsaturated/α-hetero) is 1. The molecular formula is C37H34FN3O5S2. The molecule has 1 saturated heterocycles. The lowest BCUT2D eigenvalue weighted by molar-refractivity contribution is -0.132. The summed E-state index contributed by atoms with van der Waals surface area (Å²) < 4.78 is 26.8. The summed E-state index contributed by atoms with van der Waals surface area (Å²) in [5, 5.41) is 22.6. The van der Waals surface area contributed by atoms with Crippen LogP contribution in [0.2, 0.25) is 0 Å². The van der Waals surface area contributed by atoms with Crippen LogP contribution in [0.1, 0.15) is 54.5 Å². The predicted molar refractivity (Wildman–Crippen MR) is 187 cm³/mol. The van der Waals surface area contributed by atoms with Crippen LogP contribution in [0.3, 0.4) is 0 Å². The Bertz CT molecular complexity index is 2020. The van der Waals surface area contributed by atoms with Crippen LogP contribution in [0.4, 0.5) is 9.52 Å². The molecular weight excluding hydrogens is 650 g/mol. The Morgan fingerprint density at radius 3 is 2.60 bits per heavy atom. The number of rotatable bonds is 12. The van der Waals surface area contributed by atoms with Gasteiger partial charge in [-0.3, -0.25) is 14.5 Å². The van der Waals surface area contributed by atoms with Gasteiger partial charge in [0.25, 0.3) is 5.78 Å². The van der Waals surface area contributed by atoms with E-state index in [0.717, 1.165) is 41.7 Å². The van der Waals surface area contributed by atoms with Crippen LogP contribution in [-0.2, 0) is 15.3 Å². The summed E-state index contributed by atoms with van der Waals surface area (Å²) in [5.74, 6) is -1.31. The molecule has 8 nitrogen and oxygen atoms in total. The molecule has 246 valence electrons. The largest absolute Gasteiger partial charge is 0.507 e. The molecule has 2 heterocycles. The van der Waals surface area contributed by atoms with Gasteiger partial charge in [-0.15, -0.1) is 10.2 Å². The first kappa shape index (κ1) is 33.2. The molecule has 1 fully saturated rings. The summed E-state index contributed by atoms with van der Waals surface area (Å²) in [5.41, 5.74) is 1.87. The first-order valence-electron chi connectivity index (χ1n) is 15.6. The van der Waals surface area contributed by atoms with Gasteiger partial charge in [-0.25, -0.2) is 4.39 Å². The Morgan fingerprint density at radius 1 is 1.00 bits per heavy atom. The van der Waals surface area contributed by atoms with E-state index in [4.69, 9.17) is 9.47 Å². The monoisotopic (exact) mass is 683 g/mol. The molecule has 1 atom stereocenters. The van der Waals surface area contributed by atoms with Crippen molar-refractivity contribution in [3.63, 3.8) is 0 Å². The number of aryl methyl sites for hydroxylation is 1. The number of benzene rings is 4. The Balaban J connectivity index is 1.38. The van der Waals surface area contributed by atoms with E-state index in [-0.39, 0.29) is 16.3 Å². The number of aliphatic hydroxyl groups excluding tert-OH is 1. The minimum atomic E-state index is -1.10. The number of methoxy groups -OCH3 is 1. The van der Waals surface area contributed by atoms with Crippen molar-refractivity contribution < 1.29 is 28.6 Å². The number of anilines is 1. The standard InChI is InChI=1S/C37H34FN3O5S2/c1-4-5-8-18-46-29-17-16-24(20-30(29)45-3)32-31(33(42)25-15-14-22(2)28(38)19-25)34(43)35(44)41(32)36-39-40-37(48-36)47-21-26-12-9-11-23-10-6-7-13-27(23)26/h6-7,9-17,19-20,32,42H,4-5,8,18,21H2,1-3H3. The molecule has 48 heavy (non-hydrogen) atoms. The van der Waals surface area contributed by atoms with Crippen molar-refractivity contribution >= 4 is 56.5 Å². The molecule has 1 unspecified atom stereocenters. The predicted octanol–water partition coefficient (Wildman–Crippen LogP) is 8.64. The maximum atomic E-state index is 14.6. The molecule has 1 aliphatic heterocycles. The number of aliphatic hydroxyl groups is 1. The molecule has 1 aromatic heterocycles. The van der Waals surface area contributed by atoms with Crippen molar-refractivity contribution in [1.82, 2.24) is 10.2 Å². The van der Waals surface area contributed by atoms with Gasteiger partial charge in [0.1, 0.15) is 11.6 Å². The van der Waals surface area contributed by atoms with E-state index in [0.29, 0.717) is 39.3 Å². The van der Waals surface area contributed by atoms with Crippen LogP contribution < -0.4 is 14.4 Å². The smallest absolute Gasteiger partial charge is 0.301 e. The number of amides is 1. The number of halogens is 1. The number of carbonyl (C=O) groups excluding carboxylic acids is 2. The Labute approximate surface area is 286 Å². The Morgan fingerprint density at radius 2 is 1.81 bits per heavy atom. The fraction of sp³-hybridized carbons (Fsp3) is 0.243. The summed E-state index contributed by atoms with van der Waals surface area (Å²) in [4.78, 5) is 28.7. The summed E-state index contributed by atoms with van der Waals surface area (Å²) in [6.07, 6.45) is 2.96. The van der Waals surface area contributed by atoms with E-state index in [1.165, 1.54) is 47.2 Å². The summed E-state index contributed by atoms with van der Waals surface area (Å²) in [6.45, 7) is 4.22. The second kappa shape index (κ2) is 14.6. The third-order valence-corrected chi connectivity index (χ3v) is 10.3. The lowest BCUT2D eigenvalue weighted by atomic mass is 9.94. The third-order valence-electron chi connectivity index (χ3n) is 8.23. The molecule has 4 aromatic carbocycles. The Kier molecular flexibility index (Phi) is 10.1. The SMILES string of the molecule is CCCCCOc1ccc(C2C(=C(O)c3ccc(C)c(F)c3)C(=O)C(=O)N2c2nnc(SCc3cccc4ccccc34)s2)cc1OC. The zero-order valence-electron chi connectivity index (χ0n) is 26.7. The number of ketones is 1. The lowest BCUT2D eigenvalue weighted by Crippen LogP contribution is -2.29.